The zero-order valence-corrected chi connectivity index (χ0v) is 10.6. The third kappa shape index (κ3) is 2.53. The van der Waals surface area contributed by atoms with Gasteiger partial charge in [0.2, 0.25) is 0 Å². The predicted octanol–water partition coefficient (Wildman–Crippen LogP) is 1.70. The van der Waals surface area contributed by atoms with E-state index in [1.165, 1.54) is 6.07 Å². The van der Waals surface area contributed by atoms with Gasteiger partial charge in [-0.15, -0.1) is 0 Å². The zero-order chi connectivity index (χ0) is 9.30. The molecule has 0 heterocycles. The Morgan fingerprint density at radius 2 is 1.85 bits per heavy atom. The Hall–Kier alpha value is -0.887. The molecule has 0 saturated carbocycles. The predicted molar refractivity (Wildman–Crippen MR) is 44.5 cm³/mol. The van der Waals surface area contributed by atoms with Crippen molar-refractivity contribution in [2.45, 2.75) is 13.8 Å². The molecule has 0 unspecified atom stereocenters. The van der Waals surface area contributed by atoms with Crippen molar-refractivity contribution in [3.63, 3.8) is 0 Å². The number of carboxylic acids is 1. The molecular weight excluding hydrogens is 221 g/mol. The van der Waals surface area contributed by atoms with E-state index in [1.807, 2.05) is 0 Å². The molecule has 0 aliphatic heterocycles. The number of carboxylic acid groups (broad SMARTS) is 1. The molecule has 2 N–H and O–H groups in total. The van der Waals surface area contributed by atoms with Crippen LogP contribution in [-0.2, 0) is 19.5 Å². The molecule has 0 aliphatic carbocycles. The van der Waals surface area contributed by atoms with Crippen molar-refractivity contribution in [3.8, 4) is 5.75 Å². The molecule has 0 amide bonds. The molecule has 66 valence electrons. The van der Waals surface area contributed by atoms with Crippen molar-refractivity contribution in [2.75, 3.05) is 0 Å². The minimum atomic E-state index is -1.10. The maximum atomic E-state index is 10.6. The Labute approximate surface area is 89.2 Å². The van der Waals surface area contributed by atoms with Crippen LogP contribution in [0.3, 0.4) is 0 Å². The summed E-state index contributed by atoms with van der Waals surface area (Å²) in [5.41, 5.74) is 1.39. The molecular formula is C9H10O3Zn. The van der Waals surface area contributed by atoms with Crippen molar-refractivity contribution < 1.29 is 34.5 Å². The summed E-state index contributed by atoms with van der Waals surface area (Å²) in [5.74, 6) is -1.24. The summed E-state index contributed by atoms with van der Waals surface area (Å²) in [6.07, 6.45) is 0. The maximum Gasteiger partial charge on any atom is 0.339 e. The molecule has 1 aromatic rings. The fraction of sp³-hybridized carbons (Fsp3) is 0.222. The maximum absolute atomic E-state index is 10.6. The van der Waals surface area contributed by atoms with Gasteiger partial charge in [0.05, 0.1) is 0 Å². The van der Waals surface area contributed by atoms with E-state index < -0.39 is 5.97 Å². The van der Waals surface area contributed by atoms with E-state index in [0.29, 0.717) is 5.56 Å². The first-order valence-corrected chi connectivity index (χ1v) is 3.56. The molecule has 0 fully saturated rings. The van der Waals surface area contributed by atoms with Crippen molar-refractivity contribution in [2.24, 2.45) is 0 Å². The van der Waals surface area contributed by atoms with Gasteiger partial charge in [-0.25, -0.2) is 4.79 Å². The van der Waals surface area contributed by atoms with E-state index in [4.69, 9.17) is 5.11 Å². The SMILES string of the molecule is Cc1cc(C)c(O)c(C(=O)O)c1.[Zn]. The number of aromatic carboxylic acids is 1. The second kappa shape index (κ2) is 4.38. The van der Waals surface area contributed by atoms with Crippen LogP contribution in [0.25, 0.3) is 0 Å². The number of benzene rings is 1. The smallest absolute Gasteiger partial charge is 0.339 e. The number of aryl methyl sites for hydroxylation is 2. The van der Waals surface area contributed by atoms with Gasteiger partial charge >= 0.3 is 5.97 Å². The second-order valence-electron chi connectivity index (χ2n) is 2.78. The van der Waals surface area contributed by atoms with Gasteiger partial charge in [-0.2, -0.15) is 0 Å². The quantitative estimate of drug-likeness (QED) is 0.724. The molecule has 1 rings (SSSR count). The normalized spacial score (nSPS) is 9.08. The fourth-order valence-electron chi connectivity index (χ4n) is 1.12. The number of aromatic hydroxyl groups is 1. The van der Waals surface area contributed by atoms with E-state index in [-0.39, 0.29) is 30.8 Å². The summed E-state index contributed by atoms with van der Waals surface area (Å²) in [4.78, 5) is 10.6. The molecule has 0 aromatic heterocycles. The van der Waals surface area contributed by atoms with Gasteiger partial charge < -0.3 is 10.2 Å². The van der Waals surface area contributed by atoms with Crippen molar-refractivity contribution in [1.29, 1.82) is 0 Å². The number of hydrogen-bond acceptors (Lipinski definition) is 2. The summed E-state index contributed by atoms with van der Waals surface area (Å²) >= 11 is 0. The van der Waals surface area contributed by atoms with E-state index >= 15 is 0 Å². The van der Waals surface area contributed by atoms with Gasteiger partial charge in [0.15, 0.2) is 0 Å². The Kier molecular flexibility index (Phi) is 4.08. The summed E-state index contributed by atoms with van der Waals surface area (Å²) < 4.78 is 0. The van der Waals surface area contributed by atoms with Crippen LogP contribution in [0.15, 0.2) is 12.1 Å². The molecule has 4 heteroatoms. The minimum absolute atomic E-state index is 0. The zero-order valence-electron chi connectivity index (χ0n) is 7.66. The molecule has 0 bridgehead atoms. The van der Waals surface area contributed by atoms with Crippen LogP contribution in [0, 0.1) is 13.8 Å². The second-order valence-corrected chi connectivity index (χ2v) is 2.78. The number of carbonyl (C=O) groups is 1. The first-order valence-electron chi connectivity index (χ1n) is 3.56. The molecule has 0 spiro atoms. The largest absolute Gasteiger partial charge is 0.507 e. The number of phenols is 1. The standard InChI is InChI=1S/C9H10O3.Zn/c1-5-3-6(2)8(10)7(4-5)9(11)12;/h3-4,10H,1-2H3,(H,11,12);. The average Bonchev–Trinajstić information content (AvgIpc) is 1.96. The third-order valence-corrected chi connectivity index (χ3v) is 1.68. The third-order valence-electron chi connectivity index (χ3n) is 1.68. The molecule has 1 aromatic carbocycles. The van der Waals surface area contributed by atoms with E-state index in [1.54, 1.807) is 19.9 Å². The Morgan fingerprint density at radius 1 is 1.31 bits per heavy atom. The van der Waals surface area contributed by atoms with Crippen LogP contribution in [0.1, 0.15) is 21.5 Å². The summed E-state index contributed by atoms with van der Waals surface area (Å²) in [5, 5.41) is 18.0. The minimum Gasteiger partial charge on any atom is -0.507 e. The van der Waals surface area contributed by atoms with Gasteiger partial charge in [0.1, 0.15) is 11.3 Å². The van der Waals surface area contributed by atoms with Gasteiger partial charge in [-0.3, -0.25) is 0 Å². The molecule has 3 nitrogen and oxygen atoms in total. The molecule has 0 radical (unpaired) electrons. The molecule has 0 atom stereocenters. The van der Waals surface area contributed by atoms with Gasteiger partial charge in [0.25, 0.3) is 0 Å². The topological polar surface area (TPSA) is 57.5 Å². The summed E-state index contributed by atoms with van der Waals surface area (Å²) in [6.45, 7) is 3.47. The van der Waals surface area contributed by atoms with Gasteiger partial charge in [0, 0.05) is 19.5 Å². The monoisotopic (exact) mass is 230 g/mol. The Bertz CT molecular complexity index is 334. The first-order chi connectivity index (χ1) is 5.52. The van der Waals surface area contributed by atoms with Crippen LogP contribution >= 0.6 is 0 Å². The van der Waals surface area contributed by atoms with Crippen molar-refractivity contribution >= 4 is 5.97 Å². The van der Waals surface area contributed by atoms with E-state index in [2.05, 4.69) is 0 Å². The summed E-state index contributed by atoms with van der Waals surface area (Å²) in [7, 11) is 0. The first kappa shape index (κ1) is 12.1. The van der Waals surface area contributed by atoms with E-state index in [9.17, 15) is 9.90 Å². The van der Waals surface area contributed by atoms with Crippen LogP contribution in [-0.4, -0.2) is 16.2 Å². The Morgan fingerprint density at radius 3 is 2.31 bits per heavy atom. The van der Waals surface area contributed by atoms with E-state index in [0.717, 1.165) is 5.56 Å². The summed E-state index contributed by atoms with van der Waals surface area (Å²) in [6, 6.07) is 3.19. The van der Waals surface area contributed by atoms with Crippen LogP contribution in [0.4, 0.5) is 0 Å². The van der Waals surface area contributed by atoms with Crippen LogP contribution in [0.2, 0.25) is 0 Å². The van der Waals surface area contributed by atoms with Gasteiger partial charge in [-0.05, 0) is 31.0 Å². The van der Waals surface area contributed by atoms with Crippen molar-refractivity contribution in [1.82, 2.24) is 0 Å². The average molecular weight is 232 g/mol. The molecule has 0 saturated heterocycles. The van der Waals surface area contributed by atoms with Gasteiger partial charge in [-0.1, -0.05) is 6.07 Å². The fourth-order valence-corrected chi connectivity index (χ4v) is 1.12. The Balaban J connectivity index is 0.00000144. The molecule has 0 aliphatic rings. The van der Waals surface area contributed by atoms with Crippen LogP contribution in [0.5, 0.6) is 5.75 Å². The van der Waals surface area contributed by atoms with Crippen LogP contribution < -0.4 is 0 Å². The van der Waals surface area contributed by atoms with Crippen molar-refractivity contribution in [3.05, 3.63) is 28.8 Å². The number of hydrogen-bond donors (Lipinski definition) is 2. The number of rotatable bonds is 1. The molecule has 13 heavy (non-hydrogen) atoms.